The first-order valence-electron chi connectivity index (χ1n) is 9.92. The summed E-state index contributed by atoms with van der Waals surface area (Å²) in [4.78, 5) is 25.5. The molecule has 6 nitrogen and oxygen atoms in total. The fourth-order valence-corrected chi connectivity index (χ4v) is 3.27. The Kier molecular flexibility index (Phi) is 7.44. The molecular weight excluding hydrogens is 354 g/mol. The van der Waals surface area contributed by atoms with E-state index in [1.165, 1.54) is 25.9 Å². The molecule has 0 spiro atoms. The summed E-state index contributed by atoms with van der Waals surface area (Å²) in [7, 11) is 0. The van der Waals surface area contributed by atoms with Gasteiger partial charge >= 0.3 is 0 Å². The first-order valence-corrected chi connectivity index (χ1v) is 9.92. The summed E-state index contributed by atoms with van der Waals surface area (Å²) in [5.41, 5.74) is 0.684. The number of nitrogens with one attached hydrogen (secondary N) is 3. The molecule has 3 N–H and O–H groups in total. The van der Waals surface area contributed by atoms with Crippen LogP contribution in [0.4, 0.5) is 5.69 Å². The molecule has 0 atom stereocenters. The highest BCUT2D eigenvalue weighted by Gasteiger charge is 2.15. The van der Waals surface area contributed by atoms with E-state index in [0.717, 1.165) is 12.3 Å². The molecule has 1 fully saturated rings. The van der Waals surface area contributed by atoms with Crippen LogP contribution < -0.4 is 20.3 Å². The van der Waals surface area contributed by atoms with Crippen molar-refractivity contribution in [1.82, 2.24) is 5.32 Å². The third-order valence-corrected chi connectivity index (χ3v) is 4.81. The van der Waals surface area contributed by atoms with Gasteiger partial charge in [-0.2, -0.15) is 0 Å². The zero-order valence-corrected chi connectivity index (χ0v) is 16.1. The second kappa shape index (κ2) is 10.5. The van der Waals surface area contributed by atoms with Gasteiger partial charge < -0.3 is 20.3 Å². The monoisotopic (exact) mass is 382 g/mol. The number of likely N-dealkylation sites (tertiary alicyclic amines) is 1. The van der Waals surface area contributed by atoms with E-state index < -0.39 is 0 Å². The summed E-state index contributed by atoms with van der Waals surface area (Å²) in [5.74, 6) is 1.22. The molecule has 148 valence electrons. The Morgan fingerprint density at radius 3 is 2.21 bits per heavy atom. The third-order valence-electron chi connectivity index (χ3n) is 4.81. The van der Waals surface area contributed by atoms with Crippen molar-refractivity contribution in [2.75, 3.05) is 31.5 Å². The third kappa shape index (κ3) is 6.70. The van der Waals surface area contributed by atoms with Gasteiger partial charge in [-0.1, -0.05) is 18.2 Å². The molecule has 6 heteroatoms. The lowest BCUT2D eigenvalue weighted by molar-refractivity contribution is -0.886. The molecule has 1 aliphatic rings. The number of para-hydroxylation sites is 1. The molecule has 0 aromatic heterocycles. The molecule has 3 rings (SSSR count). The number of anilines is 1. The molecule has 28 heavy (non-hydrogen) atoms. The fraction of sp³-hybridized carbons (Fsp3) is 0.364. The highest BCUT2D eigenvalue weighted by atomic mass is 16.5. The van der Waals surface area contributed by atoms with Gasteiger partial charge in [-0.3, -0.25) is 9.59 Å². The summed E-state index contributed by atoms with van der Waals surface area (Å²) in [6.07, 6.45) is 2.94. The summed E-state index contributed by atoms with van der Waals surface area (Å²) in [6.45, 7) is 4.05. The number of carbonyl (C=O) groups excluding carboxylic acids is 2. The number of quaternary nitrogens is 1. The summed E-state index contributed by atoms with van der Waals surface area (Å²) >= 11 is 0. The molecule has 0 aliphatic carbocycles. The van der Waals surface area contributed by atoms with E-state index in [1.54, 1.807) is 29.2 Å². The van der Waals surface area contributed by atoms with E-state index in [1.807, 2.05) is 30.3 Å². The Balaban J connectivity index is 1.34. The Bertz CT molecular complexity index is 756. The van der Waals surface area contributed by atoms with Gasteiger partial charge in [-0.25, -0.2) is 0 Å². The van der Waals surface area contributed by atoms with Crippen LogP contribution in [0.1, 0.15) is 25.7 Å². The Morgan fingerprint density at radius 2 is 1.50 bits per heavy atom. The lowest BCUT2D eigenvalue weighted by Crippen LogP contribution is -3.10. The smallest absolute Gasteiger partial charge is 0.224 e. The number of benzene rings is 2. The maximum atomic E-state index is 12.0. The minimum atomic E-state index is -0.169. The van der Waals surface area contributed by atoms with Crippen LogP contribution in [0.25, 0.3) is 0 Å². The van der Waals surface area contributed by atoms with Gasteiger partial charge in [0.1, 0.15) is 11.5 Å². The molecule has 1 heterocycles. The number of carbonyl (C=O) groups is 2. The first-order chi connectivity index (χ1) is 13.7. The zero-order chi connectivity index (χ0) is 19.6. The van der Waals surface area contributed by atoms with Gasteiger partial charge in [0.15, 0.2) is 0 Å². The van der Waals surface area contributed by atoms with E-state index in [4.69, 9.17) is 4.74 Å². The van der Waals surface area contributed by atoms with Crippen molar-refractivity contribution in [2.45, 2.75) is 25.7 Å². The Morgan fingerprint density at radius 1 is 0.857 bits per heavy atom. The van der Waals surface area contributed by atoms with Crippen LogP contribution in [0.3, 0.4) is 0 Å². The van der Waals surface area contributed by atoms with E-state index in [-0.39, 0.29) is 24.7 Å². The zero-order valence-electron chi connectivity index (χ0n) is 16.1. The maximum Gasteiger partial charge on any atom is 0.224 e. The molecule has 0 saturated carbocycles. The Labute approximate surface area is 165 Å². The number of rotatable bonds is 9. The quantitative estimate of drug-likeness (QED) is 0.621. The Hall–Kier alpha value is -2.86. The van der Waals surface area contributed by atoms with Crippen LogP contribution >= 0.6 is 0 Å². The van der Waals surface area contributed by atoms with E-state index in [2.05, 4.69) is 10.6 Å². The molecule has 2 aromatic rings. The minimum absolute atomic E-state index is 0.0691. The van der Waals surface area contributed by atoms with E-state index in [0.29, 0.717) is 18.0 Å². The van der Waals surface area contributed by atoms with Gasteiger partial charge in [0, 0.05) is 31.4 Å². The summed E-state index contributed by atoms with van der Waals surface area (Å²) < 4.78 is 5.72. The van der Waals surface area contributed by atoms with Gasteiger partial charge in [-0.05, 0) is 36.4 Å². The fourth-order valence-electron chi connectivity index (χ4n) is 3.27. The molecule has 2 aromatic carbocycles. The lowest BCUT2D eigenvalue weighted by Gasteiger charge is -2.12. The summed E-state index contributed by atoms with van der Waals surface area (Å²) in [6, 6.07) is 16.7. The van der Waals surface area contributed by atoms with Crippen molar-refractivity contribution < 1.29 is 19.2 Å². The average Bonchev–Trinajstić information content (AvgIpc) is 3.22. The van der Waals surface area contributed by atoms with Gasteiger partial charge in [0.25, 0.3) is 0 Å². The molecule has 0 radical (unpaired) electrons. The molecule has 0 unspecified atom stereocenters. The van der Waals surface area contributed by atoms with Crippen molar-refractivity contribution in [1.29, 1.82) is 0 Å². The number of hydrogen-bond donors (Lipinski definition) is 3. The van der Waals surface area contributed by atoms with Gasteiger partial charge in [0.05, 0.1) is 26.2 Å². The molecule has 1 aliphatic heterocycles. The number of ether oxygens (including phenoxy) is 1. The van der Waals surface area contributed by atoms with E-state index in [9.17, 15) is 9.59 Å². The predicted octanol–water partition coefficient (Wildman–Crippen LogP) is 1.99. The van der Waals surface area contributed by atoms with Crippen molar-refractivity contribution >= 4 is 17.5 Å². The number of amides is 2. The molecular formula is C22H28N3O3+. The van der Waals surface area contributed by atoms with Crippen LogP contribution in [0.15, 0.2) is 54.6 Å². The van der Waals surface area contributed by atoms with E-state index >= 15 is 0 Å². The second-order valence-electron chi connectivity index (χ2n) is 7.04. The maximum absolute atomic E-state index is 12.0. The van der Waals surface area contributed by atoms with Crippen molar-refractivity contribution in [3.8, 4) is 11.5 Å². The topological polar surface area (TPSA) is 71.9 Å². The van der Waals surface area contributed by atoms with Crippen LogP contribution in [0.5, 0.6) is 11.5 Å². The largest absolute Gasteiger partial charge is 0.457 e. The first kappa shape index (κ1) is 19.9. The predicted molar refractivity (Wildman–Crippen MR) is 109 cm³/mol. The molecule has 1 saturated heterocycles. The minimum Gasteiger partial charge on any atom is -0.457 e. The van der Waals surface area contributed by atoms with Crippen molar-refractivity contribution in [2.24, 2.45) is 0 Å². The summed E-state index contributed by atoms with van der Waals surface area (Å²) in [5, 5.41) is 5.71. The second-order valence-corrected chi connectivity index (χ2v) is 7.04. The highest BCUT2D eigenvalue weighted by Crippen LogP contribution is 2.22. The van der Waals surface area contributed by atoms with Crippen LogP contribution in [0.2, 0.25) is 0 Å². The average molecular weight is 382 g/mol. The molecule has 2 amide bonds. The van der Waals surface area contributed by atoms with Crippen molar-refractivity contribution in [3.05, 3.63) is 54.6 Å². The van der Waals surface area contributed by atoms with Crippen LogP contribution in [0, 0.1) is 0 Å². The SMILES string of the molecule is O=C(CCC(=O)Nc1ccc(Oc2ccccc2)cc1)NCC[NH+]1CCCC1. The van der Waals surface area contributed by atoms with Gasteiger partial charge in [0.2, 0.25) is 11.8 Å². The van der Waals surface area contributed by atoms with Crippen molar-refractivity contribution in [3.63, 3.8) is 0 Å². The van der Waals surface area contributed by atoms with Crippen LogP contribution in [-0.4, -0.2) is 38.0 Å². The highest BCUT2D eigenvalue weighted by molar-refractivity contribution is 5.93. The normalized spacial score (nSPS) is 13.9. The molecule has 0 bridgehead atoms. The number of hydrogen-bond acceptors (Lipinski definition) is 3. The lowest BCUT2D eigenvalue weighted by atomic mass is 10.2. The van der Waals surface area contributed by atoms with Crippen LogP contribution in [-0.2, 0) is 9.59 Å². The standard InChI is InChI=1S/C22H27N3O3/c26-21(23-14-17-25-15-4-5-16-25)12-13-22(27)24-18-8-10-20(11-9-18)28-19-6-2-1-3-7-19/h1-3,6-11H,4-5,12-17H2,(H,23,26)(H,24,27)/p+1. The van der Waals surface area contributed by atoms with Gasteiger partial charge in [-0.15, -0.1) is 0 Å².